The van der Waals surface area contributed by atoms with Gasteiger partial charge in [0.05, 0.1) is 19.1 Å². The average molecular weight is 267 g/mol. The third-order valence-corrected chi connectivity index (χ3v) is 3.07. The summed E-state index contributed by atoms with van der Waals surface area (Å²) in [5.41, 5.74) is 3.52. The number of rotatable bonds is 6. The molecule has 102 valence electrons. The van der Waals surface area contributed by atoms with Gasteiger partial charge in [-0.05, 0) is 5.56 Å². The van der Waals surface area contributed by atoms with Gasteiger partial charge < -0.3 is 10.3 Å². The summed E-state index contributed by atoms with van der Waals surface area (Å²) >= 11 is 0. The zero-order valence-electron chi connectivity index (χ0n) is 11.2. The lowest BCUT2D eigenvalue weighted by molar-refractivity contribution is 0.672. The Balaban J connectivity index is 1.52. The van der Waals surface area contributed by atoms with Crippen LogP contribution < -0.4 is 5.32 Å². The molecule has 20 heavy (non-hydrogen) atoms. The first-order valence-corrected chi connectivity index (χ1v) is 6.63. The summed E-state index contributed by atoms with van der Waals surface area (Å²) in [5.74, 6) is 0. The summed E-state index contributed by atoms with van der Waals surface area (Å²) in [7, 11) is 0. The summed E-state index contributed by atoms with van der Waals surface area (Å²) in [6.07, 6.45) is 7.50. The van der Waals surface area contributed by atoms with E-state index in [9.17, 15) is 0 Å². The van der Waals surface area contributed by atoms with E-state index >= 15 is 0 Å². The molecule has 5 heteroatoms. The van der Waals surface area contributed by atoms with Crippen molar-refractivity contribution in [2.75, 3.05) is 0 Å². The smallest absolute Gasteiger partial charge is 0.0922 e. The number of nitrogens with zero attached hydrogens (tertiary/aromatic N) is 3. The van der Waals surface area contributed by atoms with Crippen molar-refractivity contribution in [2.45, 2.75) is 19.6 Å². The summed E-state index contributed by atoms with van der Waals surface area (Å²) < 4.78 is 1.96. The molecule has 0 saturated heterocycles. The largest absolute Gasteiger partial charge is 0.347 e. The van der Waals surface area contributed by atoms with Crippen molar-refractivity contribution in [1.29, 1.82) is 0 Å². The Morgan fingerprint density at radius 1 is 1.05 bits per heavy atom. The number of H-pyrrole nitrogens is 1. The number of aromatic nitrogens is 4. The minimum Gasteiger partial charge on any atom is -0.347 e. The molecule has 2 N–H and O–H groups in total. The van der Waals surface area contributed by atoms with Gasteiger partial charge in [0.1, 0.15) is 0 Å². The maximum atomic E-state index is 4.38. The molecular formula is C15H17N5. The lowest BCUT2D eigenvalue weighted by atomic mass is 10.2. The quantitative estimate of drug-likeness (QED) is 0.717. The predicted octanol–water partition coefficient (Wildman–Crippen LogP) is 1.94. The molecule has 0 aliphatic heterocycles. The molecule has 0 fully saturated rings. The Morgan fingerprint density at radius 3 is 2.75 bits per heavy atom. The second kappa shape index (κ2) is 6.16. The summed E-state index contributed by atoms with van der Waals surface area (Å²) in [5, 5.41) is 7.74. The fourth-order valence-corrected chi connectivity index (χ4v) is 2.08. The molecule has 2 heterocycles. The molecule has 0 radical (unpaired) electrons. The van der Waals surface area contributed by atoms with E-state index in [1.54, 1.807) is 6.33 Å². The summed E-state index contributed by atoms with van der Waals surface area (Å²) in [6, 6.07) is 10.3. The highest BCUT2D eigenvalue weighted by Crippen LogP contribution is 2.04. The van der Waals surface area contributed by atoms with Crippen molar-refractivity contribution >= 4 is 0 Å². The molecule has 0 unspecified atom stereocenters. The Hall–Kier alpha value is -2.40. The SMILES string of the molecule is c1ccc(Cn2cc(CNCc3cnc[nH]3)cn2)cc1. The van der Waals surface area contributed by atoms with Crippen LogP contribution in [0.5, 0.6) is 0 Å². The third-order valence-electron chi connectivity index (χ3n) is 3.07. The molecule has 0 saturated carbocycles. The van der Waals surface area contributed by atoms with E-state index in [4.69, 9.17) is 0 Å². The van der Waals surface area contributed by atoms with Gasteiger partial charge in [-0.25, -0.2) is 4.98 Å². The maximum Gasteiger partial charge on any atom is 0.0922 e. The van der Waals surface area contributed by atoms with Gasteiger partial charge in [0, 0.05) is 36.7 Å². The lowest BCUT2D eigenvalue weighted by Crippen LogP contribution is -2.12. The second-order valence-corrected chi connectivity index (χ2v) is 4.71. The third kappa shape index (κ3) is 3.33. The standard InChI is InChI=1S/C15H17N5/c1-2-4-13(5-3-1)10-20-11-14(7-19-20)6-16-8-15-9-17-12-18-15/h1-5,7,9,11-12,16H,6,8,10H2,(H,17,18). The van der Waals surface area contributed by atoms with Crippen molar-refractivity contribution in [3.63, 3.8) is 0 Å². The second-order valence-electron chi connectivity index (χ2n) is 4.71. The number of hydrogen-bond acceptors (Lipinski definition) is 3. The Kier molecular flexibility index (Phi) is 3.89. The van der Waals surface area contributed by atoms with Gasteiger partial charge in [-0.2, -0.15) is 5.10 Å². The average Bonchev–Trinajstić information content (AvgIpc) is 3.12. The van der Waals surface area contributed by atoms with Crippen LogP contribution in [0.1, 0.15) is 16.8 Å². The van der Waals surface area contributed by atoms with Gasteiger partial charge in [-0.15, -0.1) is 0 Å². The van der Waals surface area contributed by atoms with Gasteiger partial charge in [0.25, 0.3) is 0 Å². The first-order chi connectivity index (χ1) is 9.90. The van der Waals surface area contributed by atoms with Crippen LogP contribution in [0, 0.1) is 0 Å². The highest BCUT2D eigenvalue weighted by atomic mass is 15.3. The molecule has 0 aliphatic carbocycles. The van der Waals surface area contributed by atoms with E-state index in [0.29, 0.717) is 0 Å². The minimum atomic E-state index is 0.782. The van der Waals surface area contributed by atoms with Crippen LogP contribution in [0.4, 0.5) is 0 Å². The first kappa shape index (κ1) is 12.6. The van der Waals surface area contributed by atoms with Crippen LogP contribution in [0.3, 0.4) is 0 Å². The number of benzene rings is 1. The minimum absolute atomic E-state index is 0.782. The molecule has 3 aromatic rings. The maximum absolute atomic E-state index is 4.38. The zero-order valence-corrected chi connectivity index (χ0v) is 11.2. The molecule has 1 aromatic carbocycles. The first-order valence-electron chi connectivity index (χ1n) is 6.63. The van der Waals surface area contributed by atoms with Crippen LogP contribution in [0.2, 0.25) is 0 Å². The molecule has 0 aliphatic rings. The van der Waals surface area contributed by atoms with Crippen LogP contribution in [-0.2, 0) is 19.6 Å². The molecule has 0 spiro atoms. The summed E-state index contributed by atoms with van der Waals surface area (Å²) in [4.78, 5) is 7.05. The van der Waals surface area contributed by atoms with Crippen LogP contribution >= 0.6 is 0 Å². The number of nitrogens with one attached hydrogen (secondary N) is 2. The van der Waals surface area contributed by atoms with Gasteiger partial charge in [-0.1, -0.05) is 30.3 Å². The number of imidazole rings is 1. The van der Waals surface area contributed by atoms with Gasteiger partial charge in [-0.3, -0.25) is 4.68 Å². The van der Waals surface area contributed by atoms with E-state index in [2.05, 4.69) is 38.7 Å². The fraction of sp³-hybridized carbons (Fsp3) is 0.200. The predicted molar refractivity (Wildman–Crippen MR) is 76.9 cm³/mol. The van der Waals surface area contributed by atoms with Gasteiger partial charge in [0.2, 0.25) is 0 Å². The van der Waals surface area contributed by atoms with Gasteiger partial charge >= 0.3 is 0 Å². The number of hydrogen-bond donors (Lipinski definition) is 2. The highest BCUT2D eigenvalue weighted by molar-refractivity contribution is 5.15. The Bertz CT molecular complexity index is 627. The van der Waals surface area contributed by atoms with Crippen molar-refractivity contribution in [1.82, 2.24) is 25.1 Å². The van der Waals surface area contributed by atoms with Crippen molar-refractivity contribution in [2.24, 2.45) is 0 Å². The van der Waals surface area contributed by atoms with Crippen molar-refractivity contribution in [3.8, 4) is 0 Å². The Labute approximate surface area is 117 Å². The topological polar surface area (TPSA) is 58.5 Å². The Morgan fingerprint density at radius 2 is 1.95 bits per heavy atom. The molecule has 0 bridgehead atoms. The van der Waals surface area contributed by atoms with E-state index in [1.807, 2.05) is 35.3 Å². The number of aromatic amines is 1. The van der Waals surface area contributed by atoms with E-state index in [1.165, 1.54) is 11.1 Å². The molecule has 0 amide bonds. The van der Waals surface area contributed by atoms with E-state index in [-0.39, 0.29) is 0 Å². The van der Waals surface area contributed by atoms with E-state index in [0.717, 1.165) is 25.3 Å². The van der Waals surface area contributed by atoms with Crippen LogP contribution in [-0.4, -0.2) is 19.7 Å². The highest BCUT2D eigenvalue weighted by Gasteiger charge is 2.00. The van der Waals surface area contributed by atoms with Crippen molar-refractivity contribution in [3.05, 3.63) is 72.1 Å². The molecule has 0 atom stereocenters. The van der Waals surface area contributed by atoms with E-state index < -0.39 is 0 Å². The lowest BCUT2D eigenvalue weighted by Gasteiger charge is -2.01. The van der Waals surface area contributed by atoms with Gasteiger partial charge in [0.15, 0.2) is 0 Å². The van der Waals surface area contributed by atoms with Crippen LogP contribution in [0.25, 0.3) is 0 Å². The molecule has 2 aromatic heterocycles. The van der Waals surface area contributed by atoms with Crippen molar-refractivity contribution < 1.29 is 0 Å². The molecular weight excluding hydrogens is 250 g/mol. The molecule has 5 nitrogen and oxygen atoms in total. The normalized spacial score (nSPS) is 10.8. The van der Waals surface area contributed by atoms with Crippen LogP contribution in [0.15, 0.2) is 55.2 Å². The zero-order chi connectivity index (χ0) is 13.6. The fourth-order valence-electron chi connectivity index (χ4n) is 2.08. The summed E-state index contributed by atoms with van der Waals surface area (Å²) in [6.45, 7) is 2.39. The monoisotopic (exact) mass is 267 g/mol. The molecule has 3 rings (SSSR count).